The number of benzene rings is 1. The van der Waals surface area contributed by atoms with Crippen LogP contribution in [0.5, 0.6) is 0 Å². The largest absolute Gasteiger partial charge is 0.393 e. The van der Waals surface area contributed by atoms with Crippen molar-refractivity contribution in [3.63, 3.8) is 0 Å². The lowest BCUT2D eigenvalue weighted by Gasteiger charge is -2.32. The lowest BCUT2D eigenvalue weighted by molar-refractivity contribution is 0.0962. The van der Waals surface area contributed by atoms with Gasteiger partial charge in [-0.15, -0.1) is 0 Å². The van der Waals surface area contributed by atoms with Crippen molar-refractivity contribution in [2.45, 2.75) is 26.7 Å². The average Bonchev–Trinajstić information content (AvgIpc) is 2.61. The predicted octanol–water partition coefficient (Wildman–Crippen LogP) is 2.36. The summed E-state index contributed by atoms with van der Waals surface area (Å²) in [5.41, 5.74) is 13.8. The van der Waals surface area contributed by atoms with Crippen LogP contribution in [0.3, 0.4) is 0 Å². The Balaban J connectivity index is 1.69. The summed E-state index contributed by atoms with van der Waals surface area (Å²) in [5, 5.41) is 0. The van der Waals surface area contributed by atoms with Crippen LogP contribution in [-0.4, -0.2) is 29.0 Å². The number of aryl methyl sites for hydroxylation is 1. The van der Waals surface area contributed by atoms with Gasteiger partial charge in [0.05, 0.1) is 0 Å². The Labute approximate surface area is 147 Å². The van der Waals surface area contributed by atoms with Crippen LogP contribution in [0.15, 0.2) is 30.6 Å². The lowest BCUT2D eigenvalue weighted by Crippen LogP contribution is -2.36. The highest BCUT2D eigenvalue weighted by molar-refractivity contribution is 5.95. The van der Waals surface area contributed by atoms with Crippen LogP contribution in [0.25, 0.3) is 0 Å². The average molecular weight is 340 g/mol. The van der Waals surface area contributed by atoms with Crippen molar-refractivity contribution >= 4 is 23.2 Å². The van der Waals surface area contributed by atoms with E-state index in [1.165, 1.54) is 12.7 Å². The van der Waals surface area contributed by atoms with Crippen LogP contribution in [0.1, 0.15) is 35.7 Å². The zero-order valence-corrected chi connectivity index (χ0v) is 14.6. The van der Waals surface area contributed by atoms with E-state index in [9.17, 15) is 4.79 Å². The first-order chi connectivity index (χ1) is 12.0. The van der Waals surface area contributed by atoms with Crippen molar-refractivity contribution in [3.05, 3.63) is 41.7 Å². The van der Waals surface area contributed by atoms with Crippen LogP contribution in [0.2, 0.25) is 0 Å². The molecule has 1 aliphatic heterocycles. The number of nitrogens with two attached hydrogens (primary N) is 1. The number of nitrogen functional groups attached to an aromatic ring is 1. The number of hydrogen-bond acceptors (Lipinski definition) is 6. The van der Waals surface area contributed by atoms with Crippen LogP contribution < -0.4 is 21.5 Å². The number of hydrogen-bond donors (Lipinski definition) is 3. The van der Waals surface area contributed by atoms with E-state index < -0.39 is 0 Å². The van der Waals surface area contributed by atoms with Crippen molar-refractivity contribution in [3.8, 4) is 0 Å². The number of carbonyl (C=O) groups is 1. The van der Waals surface area contributed by atoms with E-state index in [1.54, 1.807) is 12.1 Å². The minimum absolute atomic E-state index is 0.244. The molecule has 7 nitrogen and oxygen atoms in total. The monoisotopic (exact) mass is 340 g/mol. The fraction of sp³-hybridized carbons (Fsp3) is 0.389. The number of hydrazine groups is 1. The highest BCUT2D eigenvalue weighted by Crippen LogP contribution is 2.29. The SMILES string of the molecule is Cc1ccc(C(=O)NNc2ncnc(N3CCCC(C)C3)c2N)cc1. The molecule has 7 heteroatoms. The number of rotatable bonds is 4. The maximum atomic E-state index is 12.2. The first-order valence-corrected chi connectivity index (χ1v) is 8.53. The normalized spacial score (nSPS) is 17.2. The minimum atomic E-state index is -0.244. The van der Waals surface area contributed by atoms with Gasteiger partial charge >= 0.3 is 0 Å². The second-order valence-corrected chi connectivity index (χ2v) is 6.60. The molecule has 3 rings (SSSR count). The second kappa shape index (κ2) is 7.38. The zero-order valence-electron chi connectivity index (χ0n) is 14.6. The molecule has 2 heterocycles. The molecule has 0 bridgehead atoms. The van der Waals surface area contributed by atoms with E-state index in [-0.39, 0.29) is 5.91 Å². The summed E-state index contributed by atoms with van der Waals surface area (Å²) in [6, 6.07) is 7.33. The van der Waals surface area contributed by atoms with Gasteiger partial charge in [0.1, 0.15) is 12.0 Å². The van der Waals surface area contributed by atoms with Gasteiger partial charge in [-0.1, -0.05) is 24.6 Å². The number of amides is 1. The van der Waals surface area contributed by atoms with Crippen LogP contribution >= 0.6 is 0 Å². The lowest BCUT2D eigenvalue weighted by atomic mass is 10.0. The van der Waals surface area contributed by atoms with Gasteiger partial charge in [-0.25, -0.2) is 9.97 Å². The van der Waals surface area contributed by atoms with Gasteiger partial charge in [-0.3, -0.25) is 15.6 Å². The maximum Gasteiger partial charge on any atom is 0.269 e. The molecule has 1 unspecified atom stereocenters. The Morgan fingerprint density at radius 1 is 1.28 bits per heavy atom. The topological polar surface area (TPSA) is 96.2 Å². The molecule has 1 saturated heterocycles. The third-order valence-corrected chi connectivity index (χ3v) is 4.43. The summed E-state index contributed by atoms with van der Waals surface area (Å²) in [4.78, 5) is 22.9. The molecule has 1 amide bonds. The van der Waals surface area contributed by atoms with Gasteiger partial charge in [0.25, 0.3) is 5.91 Å². The number of carbonyl (C=O) groups excluding carboxylic acids is 1. The van der Waals surface area contributed by atoms with Gasteiger partial charge in [0, 0.05) is 18.7 Å². The number of nitrogens with zero attached hydrogens (tertiary/aromatic N) is 3. The quantitative estimate of drug-likeness (QED) is 0.740. The summed E-state index contributed by atoms with van der Waals surface area (Å²) in [6.07, 6.45) is 3.81. The van der Waals surface area contributed by atoms with E-state index in [0.717, 1.165) is 25.1 Å². The van der Waals surface area contributed by atoms with Gasteiger partial charge < -0.3 is 10.6 Å². The Kier molecular flexibility index (Phi) is 5.02. The molecule has 1 fully saturated rings. The van der Waals surface area contributed by atoms with Gasteiger partial charge in [-0.2, -0.15) is 0 Å². The van der Waals surface area contributed by atoms with E-state index in [1.807, 2.05) is 19.1 Å². The number of piperidine rings is 1. The van der Waals surface area contributed by atoms with Gasteiger partial charge in [0.2, 0.25) is 0 Å². The van der Waals surface area contributed by atoms with Crippen LogP contribution in [-0.2, 0) is 0 Å². The van der Waals surface area contributed by atoms with E-state index in [2.05, 4.69) is 32.6 Å². The van der Waals surface area contributed by atoms with Crippen molar-refractivity contribution in [1.82, 2.24) is 15.4 Å². The molecule has 132 valence electrons. The third-order valence-electron chi connectivity index (χ3n) is 4.43. The minimum Gasteiger partial charge on any atom is -0.393 e. The standard InChI is InChI=1S/C18H24N6O/c1-12-5-7-14(8-6-12)18(25)23-22-16-15(19)17(21-11-20-16)24-9-3-4-13(2)10-24/h5-8,11,13H,3-4,9-10,19H2,1-2H3,(H,23,25)(H,20,21,22). The molecule has 0 aliphatic carbocycles. The fourth-order valence-corrected chi connectivity index (χ4v) is 3.01. The second-order valence-electron chi connectivity index (χ2n) is 6.60. The Hall–Kier alpha value is -2.83. The molecular weight excluding hydrogens is 316 g/mol. The molecule has 0 saturated carbocycles. The zero-order chi connectivity index (χ0) is 17.8. The van der Waals surface area contributed by atoms with E-state index in [0.29, 0.717) is 28.8 Å². The molecule has 2 aromatic rings. The fourth-order valence-electron chi connectivity index (χ4n) is 3.01. The Morgan fingerprint density at radius 3 is 2.76 bits per heavy atom. The van der Waals surface area contributed by atoms with Crippen molar-refractivity contribution in [1.29, 1.82) is 0 Å². The predicted molar refractivity (Wildman–Crippen MR) is 99.3 cm³/mol. The number of nitrogens with one attached hydrogen (secondary N) is 2. The first-order valence-electron chi connectivity index (χ1n) is 8.53. The molecule has 1 aromatic heterocycles. The summed E-state index contributed by atoms with van der Waals surface area (Å²) in [5.74, 6) is 1.49. The number of anilines is 3. The molecule has 1 aliphatic rings. The molecule has 1 aromatic carbocycles. The summed E-state index contributed by atoms with van der Waals surface area (Å²) >= 11 is 0. The third kappa shape index (κ3) is 3.99. The number of aromatic nitrogens is 2. The molecular formula is C18H24N6O. The van der Waals surface area contributed by atoms with Crippen LogP contribution in [0.4, 0.5) is 17.3 Å². The Bertz CT molecular complexity index is 746. The maximum absolute atomic E-state index is 12.2. The van der Waals surface area contributed by atoms with Crippen molar-refractivity contribution in [2.75, 3.05) is 29.1 Å². The molecule has 0 radical (unpaired) electrons. The smallest absolute Gasteiger partial charge is 0.269 e. The molecule has 1 atom stereocenters. The van der Waals surface area contributed by atoms with E-state index >= 15 is 0 Å². The molecule has 25 heavy (non-hydrogen) atoms. The van der Waals surface area contributed by atoms with Gasteiger partial charge in [-0.05, 0) is 37.8 Å². The summed E-state index contributed by atoms with van der Waals surface area (Å²) in [6.45, 7) is 6.06. The Morgan fingerprint density at radius 2 is 2.04 bits per heavy atom. The van der Waals surface area contributed by atoms with Gasteiger partial charge in [0.15, 0.2) is 11.6 Å². The molecule has 0 spiro atoms. The van der Waals surface area contributed by atoms with Crippen molar-refractivity contribution in [2.24, 2.45) is 5.92 Å². The summed E-state index contributed by atoms with van der Waals surface area (Å²) < 4.78 is 0. The molecule has 4 N–H and O–H groups in total. The highest BCUT2D eigenvalue weighted by atomic mass is 16.2. The van der Waals surface area contributed by atoms with Crippen molar-refractivity contribution < 1.29 is 4.79 Å². The van der Waals surface area contributed by atoms with E-state index in [4.69, 9.17) is 5.73 Å². The highest BCUT2D eigenvalue weighted by Gasteiger charge is 2.21. The van der Waals surface area contributed by atoms with Crippen LogP contribution in [0, 0.1) is 12.8 Å². The first kappa shape index (κ1) is 17.0. The summed E-state index contributed by atoms with van der Waals surface area (Å²) in [7, 11) is 0.